The van der Waals surface area contributed by atoms with Gasteiger partial charge in [0.1, 0.15) is 6.04 Å². The maximum absolute atomic E-state index is 12.6. The number of nitrogens with zero attached hydrogens (tertiary/aromatic N) is 1. The largest absolute Gasteiger partial charge is 0.368 e. The highest BCUT2D eigenvalue weighted by atomic mass is 35.5. The van der Waals surface area contributed by atoms with Crippen molar-refractivity contribution in [1.82, 2.24) is 4.90 Å². The standard InChI is InChI=1S/C15H19ClN2O2/c1-2-13(14(17)19)18-8-4-7-12(15(18)20)10-5-3-6-11(16)9-10/h3,5-6,9,12-13H,2,4,7-8H2,1H3,(H2,17,19). The number of benzene rings is 1. The maximum Gasteiger partial charge on any atom is 0.240 e. The summed E-state index contributed by atoms with van der Waals surface area (Å²) >= 11 is 5.99. The third kappa shape index (κ3) is 2.96. The summed E-state index contributed by atoms with van der Waals surface area (Å²) in [7, 11) is 0. The summed E-state index contributed by atoms with van der Waals surface area (Å²) in [5.74, 6) is -0.687. The number of halogens is 1. The molecule has 0 radical (unpaired) electrons. The Morgan fingerprint density at radius 3 is 2.90 bits per heavy atom. The highest BCUT2D eigenvalue weighted by Gasteiger charge is 2.35. The minimum atomic E-state index is -0.510. The van der Waals surface area contributed by atoms with Crippen LogP contribution in [0.25, 0.3) is 0 Å². The normalized spacial score (nSPS) is 20.8. The van der Waals surface area contributed by atoms with Crippen LogP contribution in [0.5, 0.6) is 0 Å². The SMILES string of the molecule is CCC(C(N)=O)N1CCCC(c2cccc(Cl)c2)C1=O. The Balaban J connectivity index is 2.24. The van der Waals surface area contributed by atoms with E-state index in [1.54, 1.807) is 11.0 Å². The molecule has 0 aromatic heterocycles. The molecule has 2 unspecified atom stereocenters. The van der Waals surface area contributed by atoms with Gasteiger partial charge < -0.3 is 10.6 Å². The highest BCUT2D eigenvalue weighted by Crippen LogP contribution is 2.30. The fraction of sp³-hybridized carbons (Fsp3) is 0.467. The van der Waals surface area contributed by atoms with Gasteiger partial charge in [-0.2, -0.15) is 0 Å². The number of hydrogen-bond acceptors (Lipinski definition) is 2. The summed E-state index contributed by atoms with van der Waals surface area (Å²) in [6.45, 7) is 2.46. The molecule has 1 aliphatic heterocycles. The lowest BCUT2D eigenvalue weighted by atomic mass is 9.88. The molecular formula is C15H19ClN2O2. The molecule has 20 heavy (non-hydrogen) atoms. The van der Waals surface area contributed by atoms with E-state index in [2.05, 4.69) is 0 Å². The van der Waals surface area contributed by atoms with Crippen molar-refractivity contribution in [3.63, 3.8) is 0 Å². The number of likely N-dealkylation sites (tertiary alicyclic amines) is 1. The number of carbonyl (C=O) groups is 2. The first kappa shape index (κ1) is 14.9. The summed E-state index contributed by atoms with van der Waals surface area (Å²) < 4.78 is 0. The van der Waals surface area contributed by atoms with E-state index in [4.69, 9.17) is 17.3 Å². The molecule has 1 saturated heterocycles. The zero-order valence-corrected chi connectivity index (χ0v) is 12.3. The quantitative estimate of drug-likeness (QED) is 0.926. The topological polar surface area (TPSA) is 63.4 Å². The predicted molar refractivity (Wildman–Crippen MR) is 78.4 cm³/mol. The molecule has 5 heteroatoms. The van der Waals surface area contributed by atoms with Gasteiger partial charge in [0.15, 0.2) is 0 Å². The average molecular weight is 295 g/mol. The molecule has 0 saturated carbocycles. The van der Waals surface area contributed by atoms with E-state index in [0.717, 1.165) is 18.4 Å². The fourth-order valence-electron chi connectivity index (χ4n) is 2.82. The van der Waals surface area contributed by atoms with Crippen LogP contribution in [0.1, 0.15) is 37.7 Å². The Morgan fingerprint density at radius 1 is 1.55 bits per heavy atom. The number of carbonyl (C=O) groups excluding carboxylic acids is 2. The van der Waals surface area contributed by atoms with Gasteiger partial charge in [-0.3, -0.25) is 9.59 Å². The first-order valence-electron chi connectivity index (χ1n) is 6.89. The molecule has 0 spiro atoms. The number of nitrogens with two attached hydrogens (primary N) is 1. The van der Waals surface area contributed by atoms with Crippen LogP contribution in [-0.4, -0.2) is 29.3 Å². The molecule has 1 aromatic rings. The van der Waals surface area contributed by atoms with Gasteiger partial charge >= 0.3 is 0 Å². The Kier molecular flexibility index (Phi) is 4.65. The summed E-state index contributed by atoms with van der Waals surface area (Å²) in [6, 6.07) is 6.84. The minimum absolute atomic E-state index is 0.0239. The number of piperidine rings is 1. The second-order valence-electron chi connectivity index (χ2n) is 5.11. The Labute approximate surface area is 123 Å². The Bertz CT molecular complexity index is 518. The molecule has 1 aromatic carbocycles. The van der Waals surface area contributed by atoms with Crippen molar-refractivity contribution in [1.29, 1.82) is 0 Å². The Hall–Kier alpha value is -1.55. The smallest absolute Gasteiger partial charge is 0.240 e. The van der Waals surface area contributed by atoms with E-state index in [1.165, 1.54) is 0 Å². The molecule has 0 aliphatic carbocycles. The van der Waals surface area contributed by atoms with Gasteiger partial charge in [-0.15, -0.1) is 0 Å². The summed E-state index contributed by atoms with van der Waals surface area (Å²) in [6.07, 6.45) is 2.20. The van der Waals surface area contributed by atoms with Crippen molar-refractivity contribution in [2.45, 2.75) is 38.1 Å². The zero-order valence-electron chi connectivity index (χ0n) is 11.5. The van der Waals surface area contributed by atoms with E-state index in [0.29, 0.717) is 18.0 Å². The maximum atomic E-state index is 12.6. The molecule has 2 rings (SSSR count). The molecule has 0 bridgehead atoms. The molecule has 1 heterocycles. The van der Waals surface area contributed by atoms with Crippen molar-refractivity contribution >= 4 is 23.4 Å². The second-order valence-corrected chi connectivity index (χ2v) is 5.54. The van der Waals surface area contributed by atoms with Crippen LogP contribution in [0, 0.1) is 0 Å². The summed E-state index contributed by atoms with van der Waals surface area (Å²) in [4.78, 5) is 25.7. The van der Waals surface area contributed by atoms with Crippen LogP contribution in [0.3, 0.4) is 0 Å². The van der Waals surface area contributed by atoms with E-state index >= 15 is 0 Å². The lowest BCUT2D eigenvalue weighted by molar-refractivity contribution is -0.143. The number of rotatable bonds is 4. The molecule has 1 aliphatic rings. The molecule has 2 atom stereocenters. The van der Waals surface area contributed by atoms with Gasteiger partial charge in [0, 0.05) is 11.6 Å². The van der Waals surface area contributed by atoms with Gasteiger partial charge in [-0.05, 0) is 37.0 Å². The molecule has 108 valence electrons. The monoisotopic (exact) mass is 294 g/mol. The van der Waals surface area contributed by atoms with Crippen molar-refractivity contribution in [3.8, 4) is 0 Å². The van der Waals surface area contributed by atoms with Crippen molar-refractivity contribution in [2.24, 2.45) is 5.73 Å². The minimum Gasteiger partial charge on any atom is -0.368 e. The predicted octanol–water partition coefficient (Wildman–Crippen LogP) is 2.31. The Morgan fingerprint density at radius 2 is 2.30 bits per heavy atom. The fourth-order valence-corrected chi connectivity index (χ4v) is 3.02. The molecule has 1 fully saturated rings. The lowest BCUT2D eigenvalue weighted by Crippen LogP contribution is -2.51. The average Bonchev–Trinajstić information content (AvgIpc) is 2.41. The van der Waals surface area contributed by atoms with E-state index < -0.39 is 11.9 Å². The van der Waals surface area contributed by atoms with E-state index in [1.807, 2.05) is 25.1 Å². The molecule has 4 nitrogen and oxygen atoms in total. The van der Waals surface area contributed by atoms with E-state index in [-0.39, 0.29) is 11.8 Å². The number of amides is 2. The van der Waals surface area contributed by atoms with Gasteiger partial charge in [-0.1, -0.05) is 30.7 Å². The van der Waals surface area contributed by atoms with Crippen molar-refractivity contribution < 1.29 is 9.59 Å². The highest BCUT2D eigenvalue weighted by molar-refractivity contribution is 6.30. The van der Waals surface area contributed by atoms with Gasteiger partial charge in [-0.25, -0.2) is 0 Å². The van der Waals surface area contributed by atoms with Crippen LogP contribution in [-0.2, 0) is 9.59 Å². The first-order valence-corrected chi connectivity index (χ1v) is 7.27. The summed E-state index contributed by atoms with van der Waals surface area (Å²) in [5.41, 5.74) is 6.30. The number of hydrogen-bond donors (Lipinski definition) is 1. The first-order chi connectivity index (χ1) is 9.54. The third-order valence-electron chi connectivity index (χ3n) is 3.82. The zero-order chi connectivity index (χ0) is 14.7. The van der Waals surface area contributed by atoms with Crippen LogP contribution in [0.4, 0.5) is 0 Å². The van der Waals surface area contributed by atoms with Crippen LogP contribution >= 0.6 is 11.6 Å². The van der Waals surface area contributed by atoms with Crippen molar-refractivity contribution in [2.75, 3.05) is 6.54 Å². The molecule has 2 amide bonds. The summed E-state index contributed by atoms with van der Waals surface area (Å²) in [5, 5.41) is 0.620. The second kappa shape index (κ2) is 6.27. The number of primary amides is 1. The van der Waals surface area contributed by atoms with Crippen LogP contribution in [0.15, 0.2) is 24.3 Å². The van der Waals surface area contributed by atoms with E-state index in [9.17, 15) is 9.59 Å². The lowest BCUT2D eigenvalue weighted by Gasteiger charge is -2.36. The molecule has 2 N–H and O–H groups in total. The van der Waals surface area contributed by atoms with Gasteiger partial charge in [0.25, 0.3) is 0 Å². The van der Waals surface area contributed by atoms with Crippen LogP contribution in [0.2, 0.25) is 5.02 Å². The van der Waals surface area contributed by atoms with Gasteiger partial charge in [0.2, 0.25) is 11.8 Å². The van der Waals surface area contributed by atoms with Crippen molar-refractivity contribution in [3.05, 3.63) is 34.9 Å². The van der Waals surface area contributed by atoms with Gasteiger partial charge in [0.05, 0.1) is 5.92 Å². The van der Waals surface area contributed by atoms with Crippen LogP contribution < -0.4 is 5.73 Å². The third-order valence-corrected chi connectivity index (χ3v) is 4.05. The molecular weight excluding hydrogens is 276 g/mol.